The van der Waals surface area contributed by atoms with E-state index in [9.17, 15) is 0 Å². The molecule has 1 aliphatic heterocycles. The summed E-state index contributed by atoms with van der Waals surface area (Å²) >= 11 is 6.09. The maximum atomic E-state index is 6.09. The smallest absolute Gasteiger partial charge is 0.0450 e. The van der Waals surface area contributed by atoms with Crippen molar-refractivity contribution >= 4 is 24.0 Å². The molecule has 0 spiro atoms. The van der Waals surface area contributed by atoms with E-state index < -0.39 is 0 Å². The Morgan fingerprint density at radius 3 is 2.88 bits per heavy atom. The summed E-state index contributed by atoms with van der Waals surface area (Å²) in [5.41, 5.74) is 1.19. The van der Waals surface area contributed by atoms with Gasteiger partial charge in [0.05, 0.1) is 0 Å². The van der Waals surface area contributed by atoms with E-state index in [1.807, 2.05) is 18.2 Å². The van der Waals surface area contributed by atoms with Crippen molar-refractivity contribution < 1.29 is 0 Å². The van der Waals surface area contributed by atoms with Gasteiger partial charge in [-0.25, -0.2) is 0 Å². The second-order valence-corrected chi connectivity index (χ2v) is 4.84. The Morgan fingerprint density at radius 2 is 2.18 bits per heavy atom. The predicted octanol–water partition coefficient (Wildman–Crippen LogP) is 2.85. The maximum Gasteiger partial charge on any atom is 0.0450 e. The molecule has 0 aromatic heterocycles. The quantitative estimate of drug-likeness (QED) is 0.883. The molecule has 2 N–H and O–H groups in total. The van der Waals surface area contributed by atoms with Crippen molar-refractivity contribution in [3.8, 4) is 0 Å². The topological polar surface area (TPSA) is 24.1 Å². The van der Waals surface area contributed by atoms with E-state index in [4.69, 9.17) is 11.6 Å². The zero-order valence-electron chi connectivity index (χ0n) is 9.92. The summed E-state index contributed by atoms with van der Waals surface area (Å²) in [5.74, 6) is 0.774. The molecule has 4 heteroatoms. The van der Waals surface area contributed by atoms with E-state index in [1.165, 1.54) is 24.9 Å². The van der Waals surface area contributed by atoms with Crippen LogP contribution < -0.4 is 10.6 Å². The van der Waals surface area contributed by atoms with Crippen molar-refractivity contribution in [2.75, 3.05) is 19.6 Å². The number of piperidine rings is 1. The molecule has 1 atom stereocenters. The largest absolute Gasteiger partial charge is 0.316 e. The van der Waals surface area contributed by atoms with E-state index in [0.717, 1.165) is 30.6 Å². The number of rotatable bonds is 4. The van der Waals surface area contributed by atoms with E-state index in [2.05, 4.69) is 16.7 Å². The first-order chi connectivity index (χ1) is 7.86. The molecule has 1 aromatic rings. The normalized spacial score (nSPS) is 19.7. The molecule has 17 heavy (non-hydrogen) atoms. The molecule has 96 valence electrons. The fourth-order valence-corrected chi connectivity index (χ4v) is 2.35. The Bertz CT molecular complexity index is 325. The van der Waals surface area contributed by atoms with Crippen LogP contribution in [-0.4, -0.2) is 19.6 Å². The number of hydrogen-bond acceptors (Lipinski definition) is 2. The highest BCUT2D eigenvalue weighted by molar-refractivity contribution is 6.31. The third-order valence-electron chi connectivity index (χ3n) is 3.11. The number of hydrogen-bond donors (Lipinski definition) is 2. The summed E-state index contributed by atoms with van der Waals surface area (Å²) in [6.45, 7) is 4.28. The Labute approximate surface area is 115 Å². The van der Waals surface area contributed by atoms with E-state index in [1.54, 1.807) is 0 Å². The lowest BCUT2D eigenvalue weighted by atomic mass is 10.00. The van der Waals surface area contributed by atoms with Gasteiger partial charge in [0.15, 0.2) is 0 Å². The predicted molar refractivity (Wildman–Crippen MR) is 76.0 cm³/mol. The van der Waals surface area contributed by atoms with Crippen LogP contribution >= 0.6 is 24.0 Å². The van der Waals surface area contributed by atoms with Gasteiger partial charge in [0, 0.05) is 11.6 Å². The van der Waals surface area contributed by atoms with Crippen molar-refractivity contribution in [1.82, 2.24) is 10.6 Å². The minimum atomic E-state index is 0. The zero-order chi connectivity index (χ0) is 11.2. The van der Waals surface area contributed by atoms with Crippen LogP contribution in [0, 0.1) is 5.92 Å². The van der Waals surface area contributed by atoms with Crippen molar-refractivity contribution in [2.45, 2.75) is 19.4 Å². The van der Waals surface area contributed by atoms with Crippen LogP contribution in [0.25, 0.3) is 0 Å². The van der Waals surface area contributed by atoms with Crippen LogP contribution in [0.15, 0.2) is 24.3 Å². The monoisotopic (exact) mass is 274 g/mol. The third kappa shape index (κ3) is 4.84. The van der Waals surface area contributed by atoms with E-state index in [-0.39, 0.29) is 12.4 Å². The van der Waals surface area contributed by atoms with Crippen molar-refractivity contribution in [3.63, 3.8) is 0 Å². The summed E-state index contributed by atoms with van der Waals surface area (Å²) < 4.78 is 0. The molecule has 0 radical (unpaired) electrons. The van der Waals surface area contributed by atoms with Gasteiger partial charge in [0.1, 0.15) is 0 Å². The Kier molecular flexibility index (Phi) is 6.90. The van der Waals surface area contributed by atoms with Gasteiger partial charge >= 0.3 is 0 Å². The number of nitrogens with one attached hydrogen (secondary N) is 2. The molecular formula is C13H20Cl2N2. The third-order valence-corrected chi connectivity index (χ3v) is 3.47. The van der Waals surface area contributed by atoms with Gasteiger partial charge < -0.3 is 10.6 Å². The minimum absolute atomic E-state index is 0. The van der Waals surface area contributed by atoms with Crippen LogP contribution in [0.3, 0.4) is 0 Å². The maximum absolute atomic E-state index is 6.09. The van der Waals surface area contributed by atoms with Gasteiger partial charge in [0.2, 0.25) is 0 Å². The Balaban J connectivity index is 0.00000144. The van der Waals surface area contributed by atoms with Gasteiger partial charge in [-0.3, -0.25) is 0 Å². The summed E-state index contributed by atoms with van der Waals surface area (Å²) in [4.78, 5) is 0. The molecule has 0 bridgehead atoms. The standard InChI is InChI=1S/C13H19ClN2.ClH/c14-13-6-2-1-5-12(13)10-16-9-11-4-3-7-15-8-11;/h1-2,5-6,11,15-16H,3-4,7-10H2;1H. The van der Waals surface area contributed by atoms with Crippen LogP contribution in [0.1, 0.15) is 18.4 Å². The van der Waals surface area contributed by atoms with E-state index in [0.29, 0.717) is 0 Å². The molecule has 1 unspecified atom stereocenters. The SMILES string of the molecule is Cl.Clc1ccccc1CNCC1CCCNC1. The lowest BCUT2D eigenvalue weighted by molar-refractivity contribution is 0.360. The highest BCUT2D eigenvalue weighted by Gasteiger charge is 2.12. The first-order valence-corrected chi connectivity index (χ1v) is 6.39. The average molecular weight is 275 g/mol. The molecule has 2 nitrogen and oxygen atoms in total. The molecule has 2 rings (SSSR count). The highest BCUT2D eigenvalue weighted by Crippen LogP contribution is 2.15. The molecule has 0 amide bonds. The van der Waals surface area contributed by atoms with Crippen LogP contribution in [0.4, 0.5) is 0 Å². The van der Waals surface area contributed by atoms with Gasteiger partial charge in [-0.15, -0.1) is 12.4 Å². The van der Waals surface area contributed by atoms with Gasteiger partial charge in [-0.05, 0) is 50.0 Å². The summed E-state index contributed by atoms with van der Waals surface area (Å²) in [5, 5.41) is 7.77. The molecule has 1 heterocycles. The Morgan fingerprint density at radius 1 is 1.35 bits per heavy atom. The molecular weight excluding hydrogens is 255 g/mol. The first-order valence-electron chi connectivity index (χ1n) is 6.01. The second kappa shape index (κ2) is 7.93. The van der Waals surface area contributed by atoms with Crippen molar-refractivity contribution in [2.24, 2.45) is 5.92 Å². The first kappa shape index (κ1) is 14.8. The van der Waals surface area contributed by atoms with Gasteiger partial charge in [-0.2, -0.15) is 0 Å². The van der Waals surface area contributed by atoms with Crippen LogP contribution in [0.5, 0.6) is 0 Å². The van der Waals surface area contributed by atoms with Gasteiger partial charge in [-0.1, -0.05) is 29.8 Å². The van der Waals surface area contributed by atoms with Crippen molar-refractivity contribution in [1.29, 1.82) is 0 Å². The van der Waals surface area contributed by atoms with Crippen molar-refractivity contribution in [3.05, 3.63) is 34.9 Å². The molecule has 0 saturated carbocycles. The lowest BCUT2D eigenvalue weighted by Gasteiger charge is -2.23. The van der Waals surface area contributed by atoms with E-state index >= 15 is 0 Å². The zero-order valence-corrected chi connectivity index (χ0v) is 11.5. The summed E-state index contributed by atoms with van der Waals surface area (Å²) in [6.07, 6.45) is 2.64. The summed E-state index contributed by atoms with van der Waals surface area (Å²) in [7, 11) is 0. The highest BCUT2D eigenvalue weighted by atomic mass is 35.5. The van der Waals surface area contributed by atoms with Crippen LogP contribution in [-0.2, 0) is 6.54 Å². The number of benzene rings is 1. The molecule has 1 aliphatic rings. The minimum Gasteiger partial charge on any atom is -0.316 e. The summed E-state index contributed by atoms with van der Waals surface area (Å²) in [6, 6.07) is 8.02. The average Bonchev–Trinajstić information content (AvgIpc) is 2.33. The fourth-order valence-electron chi connectivity index (χ4n) is 2.15. The molecule has 1 aromatic carbocycles. The Hall–Kier alpha value is -0.280. The second-order valence-electron chi connectivity index (χ2n) is 4.43. The molecule has 1 fully saturated rings. The lowest BCUT2D eigenvalue weighted by Crippen LogP contribution is -2.35. The number of halogens is 2. The van der Waals surface area contributed by atoms with Crippen LogP contribution in [0.2, 0.25) is 5.02 Å². The fraction of sp³-hybridized carbons (Fsp3) is 0.538. The molecule has 0 aliphatic carbocycles. The molecule has 1 saturated heterocycles. The van der Waals surface area contributed by atoms with Gasteiger partial charge in [0.25, 0.3) is 0 Å².